The van der Waals surface area contributed by atoms with Gasteiger partial charge in [0.05, 0.1) is 0 Å². The van der Waals surface area contributed by atoms with Crippen LogP contribution in [0.4, 0.5) is 5.69 Å². The molecule has 21 heavy (non-hydrogen) atoms. The largest absolute Gasteiger partial charge is 0.355 e. The van der Waals surface area contributed by atoms with Gasteiger partial charge in [-0.05, 0) is 30.7 Å². The van der Waals surface area contributed by atoms with Gasteiger partial charge in [0.1, 0.15) is 10.7 Å². The topological polar surface area (TPSA) is 97.1 Å². The number of nitrogens with one attached hydrogen (secondary N) is 2. The Balaban J connectivity index is 2.16. The van der Waals surface area contributed by atoms with Gasteiger partial charge in [-0.2, -0.15) is 0 Å². The molecule has 1 aromatic carbocycles. The SMILES string of the molecule is CNC(=O)c1ccc(NC(=O)c2csc(CN)n2)c(C)c1. The Labute approximate surface area is 126 Å². The number of anilines is 1. The van der Waals surface area contributed by atoms with Gasteiger partial charge in [-0.25, -0.2) is 4.98 Å². The van der Waals surface area contributed by atoms with Crippen molar-refractivity contribution in [2.24, 2.45) is 5.73 Å². The molecule has 6 nitrogen and oxygen atoms in total. The smallest absolute Gasteiger partial charge is 0.275 e. The van der Waals surface area contributed by atoms with Crippen molar-refractivity contribution in [3.05, 3.63) is 45.4 Å². The third-order valence-corrected chi connectivity index (χ3v) is 3.79. The molecule has 0 spiro atoms. The van der Waals surface area contributed by atoms with Crippen molar-refractivity contribution in [2.45, 2.75) is 13.5 Å². The van der Waals surface area contributed by atoms with Crippen LogP contribution in [0.15, 0.2) is 23.6 Å². The van der Waals surface area contributed by atoms with E-state index >= 15 is 0 Å². The molecule has 0 unspecified atom stereocenters. The third-order valence-electron chi connectivity index (χ3n) is 2.92. The lowest BCUT2D eigenvalue weighted by molar-refractivity contribution is 0.0962. The summed E-state index contributed by atoms with van der Waals surface area (Å²) >= 11 is 1.35. The van der Waals surface area contributed by atoms with Gasteiger partial charge < -0.3 is 16.4 Å². The monoisotopic (exact) mass is 304 g/mol. The number of amides is 2. The van der Waals surface area contributed by atoms with E-state index in [2.05, 4.69) is 15.6 Å². The van der Waals surface area contributed by atoms with Crippen LogP contribution in [0.5, 0.6) is 0 Å². The quantitative estimate of drug-likeness (QED) is 0.798. The number of benzene rings is 1. The highest BCUT2D eigenvalue weighted by Gasteiger charge is 2.12. The van der Waals surface area contributed by atoms with E-state index in [1.165, 1.54) is 11.3 Å². The number of carbonyl (C=O) groups excluding carboxylic acids is 2. The summed E-state index contributed by atoms with van der Waals surface area (Å²) in [6, 6.07) is 5.09. The van der Waals surface area contributed by atoms with Crippen molar-refractivity contribution < 1.29 is 9.59 Å². The molecule has 2 aromatic rings. The van der Waals surface area contributed by atoms with Gasteiger partial charge in [0.2, 0.25) is 0 Å². The minimum absolute atomic E-state index is 0.164. The molecule has 0 aliphatic heterocycles. The maximum Gasteiger partial charge on any atom is 0.275 e. The van der Waals surface area contributed by atoms with Crippen LogP contribution in [0.2, 0.25) is 0 Å². The lowest BCUT2D eigenvalue weighted by Gasteiger charge is -2.09. The fraction of sp³-hybridized carbons (Fsp3) is 0.214. The molecule has 0 fully saturated rings. The molecule has 0 atom stereocenters. The second kappa shape index (κ2) is 6.47. The number of rotatable bonds is 4. The number of aromatic nitrogens is 1. The Morgan fingerprint density at radius 3 is 2.67 bits per heavy atom. The van der Waals surface area contributed by atoms with Gasteiger partial charge in [0.25, 0.3) is 11.8 Å². The summed E-state index contributed by atoms with van der Waals surface area (Å²) in [4.78, 5) is 27.8. The molecule has 0 bridgehead atoms. The van der Waals surface area contributed by atoms with Gasteiger partial charge in [-0.15, -0.1) is 11.3 Å². The lowest BCUT2D eigenvalue weighted by Crippen LogP contribution is -2.18. The molecule has 1 heterocycles. The number of aryl methyl sites for hydroxylation is 1. The first-order chi connectivity index (χ1) is 10.0. The summed E-state index contributed by atoms with van der Waals surface area (Å²) in [7, 11) is 1.57. The first-order valence-electron chi connectivity index (χ1n) is 6.33. The van der Waals surface area contributed by atoms with Gasteiger partial charge in [-0.1, -0.05) is 0 Å². The fourth-order valence-electron chi connectivity index (χ4n) is 1.78. The zero-order chi connectivity index (χ0) is 15.4. The second-order valence-electron chi connectivity index (χ2n) is 4.39. The second-order valence-corrected chi connectivity index (χ2v) is 5.34. The van der Waals surface area contributed by atoms with Gasteiger partial charge in [0, 0.05) is 30.2 Å². The van der Waals surface area contributed by atoms with Crippen LogP contribution in [-0.2, 0) is 6.54 Å². The van der Waals surface area contributed by atoms with Crippen molar-refractivity contribution >= 4 is 28.8 Å². The van der Waals surface area contributed by atoms with Crippen molar-refractivity contribution in [3.63, 3.8) is 0 Å². The van der Waals surface area contributed by atoms with Crippen LogP contribution in [0, 0.1) is 6.92 Å². The van der Waals surface area contributed by atoms with Crippen LogP contribution >= 0.6 is 11.3 Å². The third kappa shape index (κ3) is 3.45. The molecule has 0 aliphatic carbocycles. The van der Waals surface area contributed by atoms with E-state index in [0.717, 1.165) is 5.56 Å². The first-order valence-corrected chi connectivity index (χ1v) is 7.21. The molecule has 0 saturated heterocycles. The molecular formula is C14H16N4O2S. The van der Waals surface area contributed by atoms with Crippen LogP contribution in [0.25, 0.3) is 0 Å². The number of hydrogen-bond donors (Lipinski definition) is 3. The molecule has 110 valence electrons. The standard InChI is InChI=1S/C14H16N4O2S/c1-8-5-9(13(19)16-2)3-4-10(8)18-14(20)11-7-21-12(6-15)17-11/h3-5,7H,6,15H2,1-2H3,(H,16,19)(H,18,20). The average molecular weight is 304 g/mol. The van der Waals surface area contributed by atoms with E-state index in [4.69, 9.17) is 5.73 Å². The van der Waals surface area contributed by atoms with Gasteiger partial charge in [-0.3, -0.25) is 9.59 Å². The Kier molecular flexibility index (Phi) is 4.66. The van der Waals surface area contributed by atoms with E-state index < -0.39 is 0 Å². The van der Waals surface area contributed by atoms with Crippen LogP contribution < -0.4 is 16.4 Å². The summed E-state index contributed by atoms with van der Waals surface area (Å²) in [5.74, 6) is -0.454. The highest BCUT2D eigenvalue weighted by Crippen LogP contribution is 2.18. The molecule has 0 aliphatic rings. The Morgan fingerprint density at radius 1 is 1.33 bits per heavy atom. The number of carbonyl (C=O) groups is 2. The molecule has 0 saturated carbocycles. The molecule has 2 rings (SSSR count). The molecular weight excluding hydrogens is 288 g/mol. The molecule has 2 amide bonds. The van der Waals surface area contributed by atoms with Crippen LogP contribution in [0.1, 0.15) is 31.4 Å². The highest BCUT2D eigenvalue weighted by molar-refractivity contribution is 7.09. The lowest BCUT2D eigenvalue weighted by atomic mass is 10.1. The van der Waals surface area contributed by atoms with E-state index in [1.807, 2.05) is 6.92 Å². The normalized spacial score (nSPS) is 10.2. The summed E-state index contributed by atoms with van der Waals surface area (Å²) in [5.41, 5.74) is 7.82. The zero-order valence-electron chi connectivity index (χ0n) is 11.8. The summed E-state index contributed by atoms with van der Waals surface area (Å²) in [6.45, 7) is 2.15. The minimum atomic E-state index is -0.290. The van der Waals surface area contributed by atoms with Crippen molar-refractivity contribution in [3.8, 4) is 0 Å². The number of thiazole rings is 1. The predicted octanol–water partition coefficient (Wildman–Crippen LogP) is 1.52. The van der Waals surface area contributed by atoms with E-state index in [-0.39, 0.29) is 11.8 Å². The van der Waals surface area contributed by atoms with Gasteiger partial charge >= 0.3 is 0 Å². The molecule has 4 N–H and O–H groups in total. The molecule has 1 aromatic heterocycles. The minimum Gasteiger partial charge on any atom is -0.355 e. The van der Waals surface area contributed by atoms with Gasteiger partial charge in [0.15, 0.2) is 0 Å². The fourth-order valence-corrected chi connectivity index (χ4v) is 2.44. The Bertz CT molecular complexity index is 681. The maximum absolute atomic E-state index is 12.1. The highest BCUT2D eigenvalue weighted by atomic mass is 32.1. The first kappa shape index (κ1) is 15.1. The van der Waals surface area contributed by atoms with Crippen molar-refractivity contribution in [1.82, 2.24) is 10.3 Å². The number of hydrogen-bond acceptors (Lipinski definition) is 5. The average Bonchev–Trinajstić information content (AvgIpc) is 2.97. The molecule has 7 heteroatoms. The zero-order valence-corrected chi connectivity index (χ0v) is 12.6. The van der Waals surface area contributed by atoms with E-state index in [9.17, 15) is 9.59 Å². The van der Waals surface area contributed by atoms with E-state index in [1.54, 1.807) is 30.6 Å². The number of nitrogens with two attached hydrogens (primary N) is 1. The Hall–Kier alpha value is -2.25. The van der Waals surface area contributed by atoms with Crippen molar-refractivity contribution in [2.75, 3.05) is 12.4 Å². The summed E-state index contributed by atoms with van der Waals surface area (Å²) in [6.07, 6.45) is 0. The van der Waals surface area contributed by atoms with Crippen molar-refractivity contribution in [1.29, 1.82) is 0 Å². The van der Waals surface area contributed by atoms with Crippen LogP contribution in [0.3, 0.4) is 0 Å². The summed E-state index contributed by atoms with van der Waals surface area (Å²) in [5, 5.41) is 7.72. The maximum atomic E-state index is 12.1. The summed E-state index contributed by atoms with van der Waals surface area (Å²) < 4.78 is 0. The van der Waals surface area contributed by atoms with E-state index in [0.29, 0.717) is 28.5 Å². The Morgan fingerprint density at radius 2 is 2.10 bits per heavy atom. The molecule has 0 radical (unpaired) electrons. The number of nitrogens with zero attached hydrogens (tertiary/aromatic N) is 1. The predicted molar refractivity (Wildman–Crippen MR) is 82.5 cm³/mol. The van der Waals surface area contributed by atoms with Crippen LogP contribution in [-0.4, -0.2) is 23.8 Å².